The molecule has 1 unspecified atom stereocenters. The Kier molecular flexibility index (Phi) is 4.97. The van der Waals surface area contributed by atoms with Crippen molar-refractivity contribution in [2.75, 3.05) is 12.3 Å². The molecule has 0 amide bonds. The van der Waals surface area contributed by atoms with Crippen molar-refractivity contribution < 1.29 is 0 Å². The highest BCUT2D eigenvalue weighted by Gasteiger charge is 2.05. The highest BCUT2D eigenvalue weighted by Crippen LogP contribution is 2.14. The zero-order chi connectivity index (χ0) is 10.4. The first-order valence-corrected chi connectivity index (χ1v) is 5.88. The Bertz CT molecular complexity index is 235. The van der Waals surface area contributed by atoms with Gasteiger partial charge in [0.15, 0.2) is 5.16 Å². The first-order valence-electron chi connectivity index (χ1n) is 4.90. The van der Waals surface area contributed by atoms with E-state index in [1.54, 1.807) is 18.1 Å². The fourth-order valence-electron chi connectivity index (χ4n) is 0.981. The summed E-state index contributed by atoms with van der Waals surface area (Å²) in [5.74, 6) is 1.71. The molecule has 5 heteroatoms. The van der Waals surface area contributed by atoms with Crippen LogP contribution in [0.2, 0.25) is 0 Å². The molecule has 0 bridgehead atoms. The Morgan fingerprint density at radius 1 is 1.50 bits per heavy atom. The van der Waals surface area contributed by atoms with E-state index < -0.39 is 0 Å². The summed E-state index contributed by atoms with van der Waals surface area (Å²) in [6.45, 7) is 7.62. The zero-order valence-corrected chi connectivity index (χ0v) is 9.77. The Labute approximate surface area is 89.3 Å². The van der Waals surface area contributed by atoms with Gasteiger partial charge in [-0.2, -0.15) is 5.10 Å². The molecule has 0 aliphatic carbocycles. The molecule has 4 nitrogen and oxygen atoms in total. The van der Waals surface area contributed by atoms with E-state index >= 15 is 0 Å². The number of nitrogens with one attached hydrogen (secondary N) is 2. The molecule has 0 aliphatic heterocycles. The molecule has 14 heavy (non-hydrogen) atoms. The smallest absolute Gasteiger partial charge is 0.183 e. The monoisotopic (exact) mass is 214 g/mol. The Balaban J connectivity index is 2.12. The second kappa shape index (κ2) is 6.03. The summed E-state index contributed by atoms with van der Waals surface area (Å²) in [6.07, 6.45) is 1.54. The normalized spacial score (nSPS) is 13.4. The molecule has 1 atom stereocenters. The third-order valence-corrected chi connectivity index (χ3v) is 2.98. The van der Waals surface area contributed by atoms with Gasteiger partial charge >= 0.3 is 0 Å². The molecule has 1 rings (SSSR count). The lowest BCUT2D eigenvalue weighted by molar-refractivity contribution is 0.510. The number of nitrogens with zero attached hydrogens (tertiary/aromatic N) is 2. The van der Waals surface area contributed by atoms with Crippen LogP contribution in [0.4, 0.5) is 0 Å². The van der Waals surface area contributed by atoms with Gasteiger partial charge in [0, 0.05) is 11.8 Å². The lowest BCUT2D eigenvalue weighted by atomic mass is 10.2. The molecule has 2 N–H and O–H groups in total. The fourth-order valence-corrected chi connectivity index (χ4v) is 1.78. The second-order valence-electron chi connectivity index (χ2n) is 3.77. The maximum atomic E-state index is 4.06. The summed E-state index contributed by atoms with van der Waals surface area (Å²) in [7, 11) is 0. The van der Waals surface area contributed by atoms with E-state index in [1.807, 2.05) is 0 Å². The lowest BCUT2D eigenvalue weighted by Gasteiger charge is -2.13. The number of rotatable bonds is 6. The molecule has 0 saturated heterocycles. The Hall–Kier alpha value is -0.550. The van der Waals surface area contributed by atoms with Crippen LogP contribution < -0.4 is 5.32 Å². The Morgan fingerprint density at radius 2 is 2.29 bits per heavy atom. The summed E-state index contributed by atoms with van der Waals surface area (Å²) in [4.78, 5) is 4.06. The standard InChI is InChI=1S/C9H18N4S/c1-7(2)10-4-8(3)5-14-9-11-6-12-13-9/h6-8,10H,4-5H2,1-3H3,(H,11,12,13). The van der Waals surface area contributed by atoms with Crippen molar-refractivity contribution in [3.63, 3.8) is 0 Å². The van der Waals surface area contributed by atoms with Crippen molar-refractivity contribution in [1.82, 2.24) is 20.5 Å². The average Bonchev–Trinajstić information content (AvgIpc) is 2.63. The molecule has 80 valence electrons. The van der Waals surface area contributed by atoms with Crippen molar-refractivity contribution in [3.05, 3.63) is 6.33 Å². The number of hydrogen-bond acceptors (Lipinski definition) is 4. The van der Waals surface area contributed by atoms with Crippen molar-refractivity contribution in [2.24, 2.45) is 5.92 Å². The maximum absolute atomic E-state index is 4.06. The van der Waals surface area contributed by atoms with Gasteiger partial charge in [-0.05, 0) is 12.5 Å². The maximum Gasteiger partial charge on any atom is 0.183 e. The topological polar surface area (TPSA) is 53.6 Å². The van der Waals surface area contributed by atoms with E-state index in [-0.39, 0.29) is 0 Å². The molecule has 1 heterocycles. The molecule has 1 aromatic heterocycles. The van der Waals surface area contributed by atoms with Crippen LogP contribution in [0.25, 0.3) is 0 Å². The predicted molar refractivity (Wildman–Crippen MR) is 59.4 cm³/mol. The van der Waals surface area contributed by atoms with Gasteiger partial charge in [0.2, 0.25) is 0 Å². The van der Waals surface area contributed by atoms with E-state index in [4.69, 9.17) is 0 Å². The summed E-state index contributed by atoms with van der Waals surface area (Å²) in [6, 6.07) is 0.563. The minimum atomic E-state index is 0.563. The van der Waals surface area contributed by atoms with E-state index in [2.05, 4.69) is 41.3 Å². The van der Waals surface area contributed by atoms with E-state index in [9.17, 15) is 0 Å². The number of aromatic amines is 1. The first kappa shape index (κ1) is 11.5. The molecular weight excluding hydrogens is 196 g/mol. The van der Waals surface area contributed by atoms with Gasteiger partial charge in [-0.1, -0.05) is 32.5 Å². The fraction of sp³-hybridized carbons (Fsp3) is 0.778. The Morgan fingerprint density at radius 3 is 2.86 bits per heavy atom. The van der Waals surface area contributed by atoms with Gasteiger partial charge in [-0.3, -0.25) is 5.10 Å². The van der Waals surface area contributed by atoms with Crippen molar-refractivity contribution in [3.8, 4) is 0 Å². The van der Waals surface area contributed by atoms with Crippen molar-refractivity contribution in [2.45, 2.75) is 32.0 Å². The van der Waals surface area contributed by atoms with Crippen LogP contribution in [0, 0.1) is 5.92 Å². The van der Waals surface area contributed by atoms with Crippen LogP contribution in [-0.4, -0.2) is 33.5 Å². The molecular formula is C9H18N4S. The molecule has 0 aromatic carbocycles. The summed E-state index contributed by atoms with van der Waals surface area (Å²) in [5.41, 5.74) is 0. The van der Waals surface area contributed by atoms with Gasteiger partial charge in [0.25, 0.3) is 0 Å². The van der Waals surface area contributed by atoms with Gasteiger partial charge in [-0.15, -0.1) is 0 Å². The van der Waals surface area contributed by atoms with Gasteiger partial charge in [0.1, 0.15) is 6.33 Å². The average molecular weight is 214 g/mol. The minimum absolute atomic E-state index is 0.563. The van der Waals surface area contributed by atoms with Crippen LogP contribution in [0.3, 0.4) is 0 Å². The molecule has 1 aromatic rings. The largest absolute Gasteiger partial charge is 0.314 e. The SMILES string of the molecule is CC(CNC(C)C)CSc1ncn[nH]1. The van der Waals surface area contributed by atoms with Crippen LogP contribution >= 0.6 is 11.8 Å². The van der Waals surface area contributed by atoms with Gasteiger partial charge < -0.3 is 5.32 Å². The summed E-state index contributed by atoms with van der Waals surface area (Å²) in [5, 5.41) is 11.0. The molecule has 0 saturated carbocycles. The zero-order valence-electron chi connectivity index (χ0n) is 8.95. The van der Waals surface area contributed by atoms with E-state index in [0.717, 1.165) is 17.5 Å². The van der Waals surface area contributed by atoms with Crippen molar-refractivity contribution in [1.29, 1.82) is 0 Å². The quantitative estimate of drug-likeness (QED) is 0.705. The highest BCUT2D eigenvalue weighted by atomic mass is 32.2. The molecule has 0 fully saturated rings. The number of H-pyrrole nitrogens is 1. The summed E-state index contributed by atoms with van der Waals surface area (Å²) < 4.78 is 0. The minimum Gasteiger partial charge on any atom is -0.314 e. The van der Waals surface area contributed by atoms with Crippen LogP contribution in [-0.2, 0) is 0 Å². The first-order chi connectivity index (χ1) is 6.68. The third-order valence-electron chi connectivity index (χ3n) is 1.77. The highest BCUT2D eigenvalue weighted by molar-refractivity contribution is 7.99. The van der Waals surface area contributed by atoms with Crippen LogP contribution in [0.15, 0.2) is 11.5 Å². The van der Waals surface area contributed by atoms with Crippen molar-refractivity contribution >= 4 is 11.8 Å². The molecule has 0 radical (unpaired) electrons. The third kappa shape index (κ3) is 4.62. The summed E-state index contributed by atoms with van der Waals surface area (Å²) >= 11 is 1.72. The van der Waals surface area contributed by atoms with E-state index in [0.29, 0.717) is 12.0 Å². The van der Waals surface area contributed by atoms with Crippen LogP contribution in [0.1, 0.15) is 20.8 Å². The number of hydrogen-bond donors (Lipinski definition) is 2. The van der Waals surface area contributed by atoms with Gasteiger partial charge in [-0.25, -0.2) is 4.98 Å². The molecule has 0 spiro atoms. The lowest BCUT2D eigenvalue weighted by Crippen LogP contribution is -2.28. The predicted octanol–water partition coefficient (Wildman–Crippen LogP) is 1.53. The molecule has 0 aliphatic rings. The van der Waals surface area contributed by atoms with E-state index in [1.165, 1.54) is 0 Å². The number of thioether (sulfide) groups is 1. The second-order valence-corrected chi connectivity index (χ2v) is 4.78. The van der Waals surface area contributed by atoms with Gasteiger partial charge in [0.05, 0.1) is 0 Å². The number of aromatic nitrogens is 3. The van der Waals surface area contributed by atoms with Crippen LogP contribution in [0.5, 0.6) is 0 Å².